The van der Waals surface area contributed by atoms with Gasteiger partial charge in [-0.2, -0.15) is 0 Å². The van der Waals surface area contributed by atoms with E-state index in [1.165, 1.54) is 63.4 Å². The van der Waals surface area contributed by atoms with Gasteiger partial charge >= 0.3 is 0 Å². The van der Waals surface area contributed by atoms with E-state index in [-0.39, 0.29) is 0 Å². The first-order valence-corrected chi connectivity index (χ1v) is 14.1. The summed E-state index contributed by atoms with van der Waals surface area (Å²) in [5, 5.41) is 0. The third-order valence-corrected chi connectivity index (χ3v) is 14.0. The number of benzene rings is 1. The van der Waals surface area contributed by atoms with Crippen LogP contribution in [-0.2, 0) is 0 Å². The van der Waals surface area contributed by atoms with Crippen molar-refractivity contribution < 1.29 is 0 Å². The monoisotopic (exact) mass is 383 g/mol. The summed E-state index contributed by atoms with van der Waals surface area (Å²) in [7, 11) is -1.07. The van der Waals surface area contributed by atoms with Crippen LogP contribution >= 0.6 is 7.26 Å². The van der Waals surface area contributed by atoms with Crippen LogP contribution in [0.1, 0.15) is 102 Å². The molecule has 148 valence electrons. The van der Waals surface area contributed by atoms with Gasteiger partial charge in [-0.1, -0.05) is 49.6 Å². The molecule has 3 aliphatic rings. The fraction of sp³-hybridized carbons (Fsp3) is 0.692. The summed E-state index contributed by atoms with van der Waals surface area (Å²) in [4.78, 5) is 0. The maximum atomic E-state index is 2.91. The van der Waals surface area contributed by atoms with Gasteiger partial charge in [-0.25, -0.2) is 0 Å². The smallest absolute Gasteiger partial charge is 0.0622 e. The van der Waals surface area contributed by atoms with Crippen molar-refractivity contribution in [1.29, 1.82) is 0 Å². The number of hydrogen-bond donors (Lipinski definition) is 0. The van der Waals surface area contributed by atoms with Crippen molar-refractivity contribution in [1.82, 2.24) is 0 Å². The van der Waals surface area contributed by atoms with Crippen LogP contribution in [0.15, 0.2) is 36.1 Å². The molecule has 3 aliphatic carbocycles. The minimum absolute atomic E-state index is 1.05. The van der Waals surface area contributed by atoms with E-state index < -0.39 is 7.26 Å². The third-order valence-electron chi connectivity index (χ3n) is 7.95. The zero-order valence-electron chi connectivity index (χ0n) is 17.3. The lowest BCUT2D eigenvalue weighted by molar-refractivity contribution is 0.454. The van der Waals surface area contributed by atoms with Crippen molar-refractivity contribution >= 4 is 13.3 Å². The molecule has 0 atom stereocenters. The lowest BCUT2D eigenvalue weighted by Crippen LogP contribution is -2.34. The molecule has 27 heavy (non-hydrogen) atoms. The average Bonchev–Trinajstić information content (AvgIpc) is 2.77. The van der Waals surface area contributed by atoms with Crippen LogP contribution in [0.2, 0.25) is 0 Å². The molecule has 0 N–H and O–H groups in total. The van der Waals surface area contributed by atoms with Gasteiger partial charge in [0.05, 0.1) is 22.8 Å². The van der Waals surface area contributed by atoms with Gasteiger partial charge in [0.15, 0.2) is 0 Å². The predicted molar refractivity (Wildman–Crippen MR) is 123 cm³/mol. The topological polar surface area (TPSA) is 0 Å². The van der Waals surface area contributed by atoms with Gasteiger partial charge in [0.25, 0.3) is 0 Å². The molecule has 3 fully saturated rings. The SMILES string of the molecule is C(=C\[P+](C1CCCCC1)(C1CCCCC1)C1CCCCC1)/c1ccccc1. The molecule has 0 saturated heterocycles. The fourth-order valence-electron chi connectivity index (χ4n) is 6.62. The van der Waals surface area contributed by atoms with Gasteiger partial charge in [0.1, 0.15) is 0 Å². The average molecular weight is 384 g/mol. The van der Waals surface area contributed by atoms with E-state index in [1.54, 1.807) is 38.5 Å². The van der Waals surface area contributed by atoms with Gasteiger partial charge in [0, 0.05) is 7.26 Å². The lowest BCUT2D eigenvalue weighted by atomic mass is 9.99. The summed E-state index contributed by atoms with van der Waals surface area (Å²) in [6.45, 7) is 0. The predicted octanol–water partition coefficient (Wildman–Crippen LogP) is 8.67. The van der Waals surface area contributed by atoms with Gasteiger partial charge in [-0.15, -0.1) is 0 Å². The highest BCUT2D eigenvalue weighted by molar-refractivity contribution is 7.80. The normalized spacial score (nSPS) is 24.4. The van der Waals surface area contributed by atoms with Crippen LogP contribution in [0, 0.1) is 0 Å². The van der Waals surface area contributed by atoms with Crippen LogP contribution in [-0.4, -0.2) is 17.0 Å². The third kappa shape index (κ3) is 4.53. The summed E-state index contributed by atoms with van der Waals surface area (Å²) < 4.78 is 0. The molecule has 0 nitrogen and oxygen atoms in total. The zero-order chi connectivity index (χ0) is 18.4. The molecule has 0 heterocycles. The molecule has 0 unspecified atom stereocenters. The Bertz CT molecular complexity index is 526. The van der Waals surface area contributed by atoms with Crippen LogP contribution < -0.4 is 0 Å². The minimum Gasteiger partial charge on any atom is -0.0622 e. The maximum Gasteiger partial charge on any atom is 0.0744 e. The first-order chi connectivity index (χ1) is 13.4. The van der Waals surface area contributed by atoms with E-state index >= 15 is 0 Å². The summed E-state index contributed by atoms with van der Waals surface area (Å²) in [5.74, 6) is 2.91. The molecule has 0 radical (unpaired) electrons. The number of hydrogen-bond acceptors (Lipinski definition) is 0. The highest BCUT2D eigenvalue weighted by atomic mass is 31.2. The lowest BCUT2D eigenvalue weighted by Gasteiger charge is -2.47. The van der Waals surface area contributed by atoms with Crippen molar-refractivity contribution in [2.45, 2.75) is 113 Å². The van der Waals surface area contributed by atoms with E-state index in [0.717, 1.165) is 17.0 Å². The molecule has 3 saturated carbocycles. The molecule has 0 bridgehead atoms. The molecule has 0 amide bonds. The summed E-state index contributed by atoms with van der Waals surface area (Å²) in [6.07, 6.45) is 25.3. The molecular formula is C26H40P+. The molecule has 1 heteroatoms. The van der Waals surface area contributed by atoms with Crippen molar-refractivity contribution in [3.05, 3.63) is 41.7 Å². The molecule has 0 spiro atoms. The van der Waals surface area contributed by atoms with Crippen molar-refractivity contribution in [2.75, 3.05) is 0 Å². The Kier molecular flexibility index (Phi) is 7.10. The highest BCUT2D eigenvalue weighted by Gasteiger charge is 2.55. The Labute approximate surface area is 168 Å². The Morgan fingerprint density at radius 2 is 0.963 bits per heavy atom. The maximum absolute atomic E-state index is 2.91. The second-order valence-electron chi connectivity index (χ2n) is 9.50. The van der Waals surface area contributed by atoms with E-state index in [1.807, 2.05) is 0 Å². The van der Waals surface area contributed by atoms with Crippen LogP contribution in [0.5, 0.6) is 0 Å². The quantitative estimate of drug-likeness (QED) is 0.446. The first-order valence-electron chi connectivity index (χ1n) is 12.0. The fourth-order valence-corrected chi connectivity index (χ4v) is 13.4. The van der Waals surface area contributed by atoms with E-state index in [2.05, 4.69) is 42.2 Å². The second-order valence-corrected chi connectivity index (χ2v) is 13.8. The van der Waals surface area contributed by atoms with Crippen LogP contribution in [0.3, 0.4) is 0 Å². The standard InChI is InChI=1S/C26H40P/c1-5-13-23(14-6-1)21-22-27(24-15-7-2-8-16-24,25-17-9-3-10-18-25)26-19-11-4-12-20-26/h1,5-6,13-14,21-22,24-26H,2-4,7-12,15-20H2/q+1/b22-21+. The van der Waals surface area contributed by atoms with Crippen LogP contribution in [0.25, 0.3) is 6.08 Å². The molecular weight excluding hydrogens is 343 g/mol. The Morgan fingerprint density at radius 3 is 1.37 bits per heavy atom. The number of rotatable bonds is 5. The molecule has 0 aromatic heterocycles. The zero-order valence-corrected chi connectivity index (χ0v) is 18.2. The Hall–Kier alpha value is -0.610. The molecule has 1 aromatic rings. The summed E-state index contributed by atoms with van der Waals surface area (Å²) >= 11 is 0. The first kappa shape index (κ1) is 19.7. The van der Waals surface area contributed by atoms with Crippen LogP contribution in [0.4, 0.5) is 0 Å². The second kappa shape index (κ2) is 9.73. The molecule has 4 rings (SSSR count). The minimum atomic E-state index is -1.07. The van der Waals surface area contributed by atoms with E-state index in [4.69, 9.17) is 0 Å². The largest absolute Gasteiger partial charge is 0.0744 e. The van der Waals surface area contributed by atoms with Crippen molar-refractivity contribution in [3.63, 3.8) is 0 Å². The van der Waals surface area contributed by atoms with E-state index in [9.17, 15) is 0 Å². The molecule has 1 aromatic carbocycles. The highest BCUT2D eigenvalue weighted by Crippen LogP contribution is 2.78. The van der Waals surface area contributed by atoms with Crippen molar-refractivity contribution in [3.8, 4) is 0 Å². The summed E-state index contributed by atoms with van der Waals surface area (Å²) in [6, 6.07) is 11.2. The summed E-state index contributed by atoms with van der Waals surface area (Å²) in [5.41, 5.74) is 4.59. The van der Waals surface area contributed by atoms with Gasteiger partial charge in [0.2, 0.25) is 0 Å². The van der Waals surface area contributed by atoms with Gasteiger partial charge in [-0.05, 0) is 88.7 Å². The Morgan fingerprint density at radius 1 is 0.556 bits per heavy atom. The Balaban J connectivity index is 1.72. The van der Waals surface area contributed by atoms with E-state index in [0.29, 0.717) is 0 Å². The van der Waals surface area contributed by atoms with Gasteiger partial charge in [-0.3, -0.25) is 0 Å². The van der Waals surface area contributed by atoms with Gasteiger partial charge < -0.3 is 0 Å². The molecule has 0 aliphatic heterocycles. The van der Waals surface area contributed by atoms with Crippen molar-refractivity contribution in [2.24, 2.45) is 0 Å².